The minimum absolute atomic E-state index is 0.217. The minimum Gasteiger partial charge on any atom is -0.444 e. The van der Waals surface area contributed by atoms with Crippen LogP contribution in [0.2, 0.25) is 0 Å². The van der Waals surface area contributed by atoms with E-state index in [0.717, 1.165) is 17.6 Å². The molecule has 18 heavy (non-hydrogen) atoms. The number of hydrogen-bond donors (Lipinski definition) is 1. The lowest BCUT2D eigenvalue weighted by atomic mass is 9.92. The Morgan fingerprint density at radius 1 is 1.50 bits per heavy atom. The molecular formula is C12H20BrN3O2. The van der Waals surface area contributed by atoms with Crippen LogP contribution < -0.4 is 5.43 Å². The van der Waals surface area contributed by atoms with Gasteiger partial charge in [0.25, 0.3) is 0 Å². The Hall–Kier alpha value is -0.750. The molecular weight excluding hydrogens is 298 g/mol. The Morgan fingerprint density at radius 2 is 2.11 bits per heavy atom. The molecule has 1 fully saturated rings. The SMILES string of the molecule is CN1C=C(Br)C(C2CN(C(=O)OC(C)(C)C)C2)N1. The molecule has 2 aliphatic rings. The maximum absolute atomic E-state index is 11.8. The lowest BCUT2D eigenvalue weighted by molar-refractivity contribution is -0.00583. The van der Waals surface area contributed by atoms with E-state index < -0.39 is 5.60 Å². The van der Waals surface area contributed by atoms with E-state index >= 15 is 0 Å². The van der Waals surface area contributed by atoms with Gasteiger partial charge in [-0.05, 0) is 20.8 Å². The van der Waals surface area contributed by atoms with Gasteiger partial charge in [0.05, 0.1) is 6.04 Å². The summed E-state index contributed by atoms with van der Waals surface area (Å²) in [7, 11) is 1.96. The van der Waals surface area contributed by atoms with E-state index in [2.05, 4.69) is 21.4 Å². The number of nitrogens with one attached hydrogen (secondary N) is 1. The van der Waals surface area contributed by atoms with Crippen molar-refractivity contribution in [1.82, 2.24) is 15.3 Å². The van der Waals surface area contributed by atoms with E-state index in [0.29, 0.717) is 5.92 Å². The van der Waals surface area contributed by atoms with Gasteiger partial charge in [-0.15, -0.1) is 0 Å². The number of halogens is 1. The zero-order valence-electron chi connectivity index (χ0n) is 11.2. The van der Waals surface area contributed by atoms with E-state index in [1.54, 1.807) is 4.90 Å². The summed E-state index contributed by atoms with van der Waals surface area (Å²) in [6.45, 7) is 7.13. The molecule has 0 spiro atoms. The van der Waals surface area contributed by atoms with Crippen molar-refractivity contribution in [2.45, 2.75) is 32.4 Å². The number of nitrogens with zero attached hydrogens (tertiary/aromatic N) is 2. The van der Waals surface area contributed by atoms with Gasteiger partial charge in [-0.3, -0.25) is 0 Å². The summed E-state index contributed by atoms with van der Waals surface area (Å²) in [5.41, 5.74) is 2.91. The van der Waals surface area contributed by atoms with Crippen LogP contribution >= 0.6 is 15.9 Å². The quantitative estimate of drug-likeness (QED) is 0.802. The van der Waals surface area contributed by atoms with Gasteiger partial charge in [-0.2, -0.15) is 0 Å². The summed E-state index contributed by atoms with van der Waals surface area (Å²) in [6, 6.07) is 0.272. The monoisotopic (exact) mass is 317 g/mol. The van der Waals surface area contributed by atoms with E-state index in [4.69, 9.17) is 4.74 Å². The van der Waals surface area contributed by atoms with E-state index in [1.165, 1.54) is 0 Å². The number of carbonyl (C=O) groups excluding carboxylic acids is 1. The molecule has 1 saturated heterocycles. The second-order valence-electron chi connectivity index (χ2n) is 5.88. The van der Waals surface area contributed by atoms with Crippen molar-refractivity contribution in [3.8, 4) is 0 Å². The molecule has 2 rings (SSSR count). The molecule has 0 saturated carbocycles. The van der Waals surface area contributed by atoms with Crippen LogP contribution in [-0.4, -0.2) is 47.8 Å². The van der Waals surface area contributed by atoms with Crippen molar-refractivity contribution in [3.05, 3.63) is 10.7 Å². The molecule has 0 aromatic carbocycles. The van der Waals surface area contributed by atoms with Crippen molar-refractivity contribution in [1.29, 1.82) is 0 Å². The number of hydrazine groups is 1. The van der Waals surface area contributed by atoms with E-state index in [9.17, 15) is 4.79 Å². The molecule has 0 aromatic heterocycles. The first kappa shape index (κ1) is 13.7. The van der Waals surface area contributed by atoms with Crippen LogP contribution in [0.3, 0.4) is 0 Å². The fourth-order valence-corrected chi connectivity index (χ4v) is 2.90. The first-order chi connectivity index (χ1) is 8.26. The largest absolute Gasteiger partial charge is 0.444 e. The molecule has 0 radical (unpaired) electrons. The van der Waals surface area contributed by atoms with E-state index in [-0.39, 0.29) is 12.1 Å². The van der Waals surface area contributed by atoms with Crippen molar-refractivity contribution in [3.63, 3.8) is 0 Å². The standard InChI is InChI=1S/C12H20BrN3O2/c1-12(2,3)18-11(17)16-5-8(6-16)10-9(13)7-15(4)14-10/h7-8,10,14H,5-6H2,1-4H3. The topological polar surface area (TPSA) is 44.8 Å². The van der Waals surface area contributed by atoms with Crippen LogP contribution in [0.25, 0.3) is 0 Å². The number of amides is 1. The van der Waals surface area contributed by atoms with Gasteiger partial charge in [0.2, 0.25) is 0 Å². The van der Waals surface area contributed by atoms with Crippen LogP contribution in [-0.2, 0) is 4.74 Å². The Kier molecular flexibility index (Phi) is 3.60. The highest BCUT2D eigenvalue weighted by molar-refractivity contribution is 9.11. The first-order valence-electron chi connectivity index (χ1n) is 6.10. The van der Waals surface area contributed by atoms with Gasteiger partial charge in [-0.25, -0.2) is 10.2 Å². The molecule has 1 N–H and O–H groups in total. The summed E-state index contributed by atoms with van der Waals surface area (Å²) in [5.74, 6) is 0.438. The Bertz CT molecular complexity index is 372. The van der Waals surface area contributed by atoms with Gasteiger partial charge in [0, 0.05) is 36.7 Å². The van der Waals surface area contributed by atoms with Crippen LogP contribution in [0.5, 0.6) is 0 Å². The number of likely N-dealkylation sites (tertiary alicyclic amines) is 1. The third-order valence-corrected chi connectivity index (χ3v) is 3.69. The minimum atomic E-state index is -0.422. The molecule has 0 bridgehead atoms. The molecule has 5 nitrogen and oxygen atoms in total. The van der Waals surface area contributed by atoms with E-state index in [1.807, 2.05) is 39.0 Å². The van der Waals surface area contributed by atoms with Crippen LogP contribution in [0.15, 0.2) is 10.7 Å². The number of carbonyl (C=O) groups is 1. The molecule has 0 aromatic rings. The lowest BCUT2D eigenvalue weighted by Gasteiger charge is -2.42. The second kappa shape index (κ2) is 4.74. The van der Waals surface area contributed by atoms with Crippen LogP contribution in [0, 0.1) is 5.92 Å². The fourth-order valence-electron chi connectivity index (χ4n) is 2.11. The van der Waals surface area contributed by atoms with Crippen LogP contribution in [0.1, 0.15) is 20.8 Å². The molecule has 6 heteroatoms. The highest BCUT2D eigenvalue weighted by Crippen LogP contribution is 2.30. The average molecular weight is 318 g/mol. The maximum Gasteiger partial charge on any atom is 0.410 e. The van der Waals surface area contributed by atoms with Gasteiger partial charge < -0.3 is 14.6 Å². The number of hydrogen-bond acceptors (Lipinski definition) is 4. The van der Waals surface area contributed by atoms with Gasteiger partial charge in [0.1, 0.15) is 5.60 Å². The van der Waals surface area contributed by atoms with Gasteiger partial charge >= 0.3 is 6.09 Å². The van der Waals surface area contributed by atoms with Crippen LogP contribution in [0.4, 0.5) is 4.79 Å². The summed E-state index contributed by atoms with van der Waals surface area (Å²) in [6.07, 6.45) is 1.80. The Balaban J connectivity index is 1.81. The normalized spacial score (nSPS) is 24.9. The number of rotatable bonds is 1. The summed E-state index contributed by atoms with van der Waals surface area (Å²) >= 11 is 3.55. The highest BCUT2D eigenvalue weighted by Gasteiger charge is 2.40. The first-order valence-corrected chi connectivity index (χ1v) is 6.90. The Labute approximate surface area is 116 Å². The third-order valence-electron chi connectivity index (χ3n) is 2.99. The van der Waals surface area contributed by atoms with Crippen molar-refractivity contribution in [2.24, 2.45) is 5.92 Å². The Morgan fingerprint density at radius 3 is 2.56 bits per heavy atom. The highest BCUT2D eigenvalue weighted by atomic mass is 79.9. The predicted molar refractivity (Wildman–Crippen MR) is 73.0 cm³/mol. The maximum atomic E-state index is 11.8. The molecule has 2 aliphatic heterocycles. The summed E-state index contributed by atoms with van der Waals surface area (Å²) in [4.78, 5) is 13.5. The van der Waals surface area contributed by atoms with Crippen molar-refractivity contribution >= 4 is 22.0 Å². The smallest absolute Gasteiger partial charge is 0.410 e. The zero-order valence-corrected chi connectivity index (χ0v) is 12.8. The van der Waals surface area contributed by atoms with Crippen molar-refractivity contribution < 1.29 is 9.53 Å². The molecule has 1 amide bonds. The average Bonchev–Trinajstić information content (AvgIpc) is 2.39. The van der Waals surface area contributed by atoms with Gasteiger partial charge in [0.15, 0.2) is 0 Å². The molecule has 1 unspecified atom stereocenters. The molecule has 1 atom stereocenters. The third kappa shape index (κ3) is 2.98. The molecule has 102 valence electrons. The lowest BCUT2D eigenvalue weighted by Crippen LogP contribution is -2.58. The van der Waals surface area contributed by atoms with Crippen molar-refractivity contribution in [2.75, 3.05) is 20.1 Å². The molecule has 2 heterocycles. The zero-order chi connectivity index (χ0) is 13.5. The fraction of sp³-hybridized carbons (Fsp3) is 0.750. The molecule has 0 aliphatic carbocycles. The summed E-state index contributed by atoms with van der Waals surface area (Å²) in [5, 5.41) is 1.94. The second-order valence-corrected chi connectivity index (χ2v) is 6.79. The van der Waals surface area contributed by atoms with Gasteiger partial charge in [-0.1, -0.05) is 15.9 Å². The predicted octanol–water partition coefficient (Wildman–Crippen LogP) is 1.91. The summed E-state index contributed by atoms with van der Waals surface area (Å²) < 4.78 is 6.47. The number of ether oxygens (including phenoxy) is 1.